The smallest absolute Gasteiger partial charge is 0.243 e. The van der Waals surface area contributed by atoms with Gasteiger partial charge in [0.1, 0.15) is 11.9 Å². The Balaban J connectivity index is 1.57. The lowest BCUT2D eigenvalue weighted by Gasteiger charge is -2.27. The summed E-state index contributed by atoms with van der Waals surface area (Å²) in [7, 11) is 0. The van der Waals surface area contributed by atoms with Crippen molar-refractivity contribution in [2.45, 2.75) is 6.04 Å². The Bertz CT molecular complexity index is 468. The van der Waals surface area contributed by atoms with Gasteiger partial charge < -0.3 is 25.0 Å². The predicted octanol–water partition coefficient (Wildman–Crippen LogP) is -0.155. The van der Waals surface area contributed by atoms with Gasteiger partial charge in [0.05, 0.1) is 38.3 Å². The molecule has 1 atom stereocenters. The third kappa shape index (κ3) is 3.69. The van der Waals surface area contributed by atoms with E-state index in [1.165, 1.54) is 0 Å². The van der Waals surface area contributed by atoms with Crippen LogP contribution in [0.1, 0.15) is 0 Å². The first kappa shape index (κ1) is 14.2. The van der Waals surface area contributed by atoms with Gasteiger partial charge in [-0.25, -0.2) is 4.98 Å². The number of carbonyl (C=O) groups is 1. The molecular formula is C14H20N4O3. The highest BCUT2D eigenvalue weighted by atomic mass is 16.5. The summed E-state index contributed by atoms with van der Waals surface area (Å²) in [5.41, 5.74) is 0.699. The molecule has 7 nitrogen and oxygen atoms in total. The first-order chi connectivity index (χ1) is 10.3. The lowest BCUT2D eigenvalue weighted by Crippen LogP contribution is -2.48. The number of hydrogen-bond acceptors (Lipinski definition) is 6. The zero-order valence-corrected chi connectivity index (χ0v) is 11.9. The van der Waals surface area contributed by atoms with Crippen molar-refractivity contribution < 1.29 is 14.3 Å². The molecule has 0 spiro atoms. The van der Waals surface area contributed by atoms with Crippen molar-refractivity contribution in [2.75, 3.05) is 56.3 Å². The standard InChI is InChI=1S/C14H20N4O3/c19-14(12-10-21-6-3-15-12)17-11-1-2-13(16-9-11)18-4-7-20-8-5-18/h1-2,9,12,15H,3-8,10H2,(H,17,19). The molecule has 3 rings (SSSR count). The molecule has 3 heterocycles. The van der Waals surface area contributed by atoms with E-state index < -0.39 is 0 Å². The van der Waals surface area contributed by atoms with Crippen LogP contribution in [0, 0.1) is 0 Å². The predicted molar refractivity (Wildman–Crippen MR) is 78.5 cm³/mol. The third-order valence-corrected chi connectivity index (χ3v) is 3.59. The van der Waals surface area contributed by atoms with E-state index in [0.29, 0.717) is 25.4 Å². The van der Waals surface area contributed by atoms with Crippen LogP contribution in [0.4, 0.5) is 11.5 Å². The Morgan fingerprint density at radius 1 is 1.29 bits per heavy atom. The molecule has 21 heavy (non-hydrogen) atoms. The zero-order chi connectivity index (χ0) is 14.5. The number of pyridine rings is 1. The molecule has 2 fully saturated rings. The minimum atomic E-state index is -0.294. The molecule has 7 heteroatoms. The summed E-state index contributed by atoms with van der Waals surface area (Å²) < 4.78 is 10.6. The number of morpholine rings is 2. The molecule has 0 aromatic carbocycles. The van der Waals surface area contributed by atoms with Crippen molar-refractivity contribution in [2.24, 2.45) is 0 Å². The molecular weight excluding hydrogens is 272 g/mol. The van der Waals surface area contributed by atoms with Crippen molar-refractivity contribution in [1.29, 1.82) is 0 Å². The van der Waals surface area contributed by atoms with E-state index in [0.717, 1.165) is 32.1 Å². The number of amides is 1. The molecule has 0 bridgehead atoms. The van der Waals surface area contributed by atoms with Crippen LogP contribution in [0.2, 0.25) is 0 Å². The minimum Gasteiger partial charge on any atom is -0.378 e. The van der Waals surface area contributed by atoms with Gasteiger partial charge in [-0.2, -0.15) is 0 Å². The van der Waals surface area contributed by atoms with Gasteiger partial charge in [-0.3, -0.25) is 4.79 Å². The second-order valence-electron chi connectivity index (χ2n) is 5.08. The average molecular weight is 292 g/mol. The van der Waals surface area contributed by atoms with Gasteiger partial charge in [-0.15, -0.1) is 0 Å². The maximum Gasteiger partial charge on any atom is 0.243 e. The van der Waals surface area contributed by atoms with Crippen molar-refractivity contribution in [3.8, 4) is 0 Å². The molecule has 2 N–H and O–H groups in total. The Morgan fingerprint density at radius 2 is 2.14 bits per heavy atom. The lowest BCUT2D eigenvalue weighted by atomic mass is 10.2. The summed E-state index contributed by atoms with van der Waals surface area (Å²) in [4.78, 5) is 18.6. The largest absolute Gasteiger partial charge is 0.378 e. The Hall–Kier alpha value is -1.70. The molecule has 2 aliphatic rings. The van der Waals surface area contributed by atoms with Gasteiger partial charge in [-0.05, 0) is 12.1 Å². The Kier molecular flexibility index (Phi) is 4.64. The van der Waals surface area contributed by atoms with E-state index in [1.807, 2.05) is 12.1 Å². The van der Waals surface area contributed by atoms with Gasteiger partial charge >= 0.3 is 0 Å². The van der Waals surface area contributed by atoms with E-state index in [9.17, 15) is 4.79 Å². The van der Waals surface area contributed by atoms with Crippen LogP contribution in [-0.4, -0.2) is 63.0 Å². The highest BCUT2D eigenvalue weighted by Crippen LogP contribution is 2.15. The van der Waals surface area contributed by atoms with Crippen molar-refractivity contribution in [3.63, 3.8) is 0 Å². The molecule has 1 unspecified atom stereocenters. The zero-order valence-electron chi connectivity index (χ0n) is 11.9. The second-order valence-corrected chi connectivity index (χ2v) is 5.08. The van der Waals surface area contributed by atoms with Gasteiger partial charge in [0, 0.05) is 19.6 Å². The maximum atomic E-state index is 12.0. The summed E-state index contributed by atoms with van der Waals surface area (Å²) in [6.45, 7) is 4.92. The van der Waals surface area contributed by atoms with Gasteiger partial charge in [0.2, 0.25) is 5.91 Å². The summed E-state index contributed by atoms with van der Waals surface area (Å²) >= 11 is 0. The van der Waals surface area contributed by atoms with Crippen LogP contribution in [0.15, 0.2) is 18.3 Å². The van der Waals surface area contributed by atoms with E-state index in [4.69, 9.17) is 9.47 Å². The number of hydrogen-bond donors (Lipinski definition) is 2. The number of nitrogens with one attached hydrogen (secondary N) is 2. The SMILES string of the molecule is O=C(Nc1ccc(N2CCOCC2)nc1)C1COCCN1. The van der Waals surface area contributed by atoms with E-state index in [1.54, 1.807) is 6.20 Å². The molecule has 1 aromatic heterocycles. The van der Waals surface area contributed by atoms with Crippen LogP contribution in [0.5, 0.6) is 0 Å². The molecule has 0 saturated carbocycles. The van der Waals surface area contributed by atoms with Gasteiger partial charge in [0.25, 0.3) is 0 Å². The topological polar surface area (TPSA) is 75.7 Å². The Labute approximate surface area is 123 Å². The van der Waals surface area contributed by atoms with Crippen LogP contribution >= 0.6 is 0 Å². The average Bonchev–Trinajstić information content (AvgIpc) is 2.57. The number of ether oxygens (including phenoxy) is 2. The summed E-state index contributed by atoms with van der Waals surface area (Å²) in [5.74, 6) is 0.825. The van der Waals surface area contributed by atoms with Gasteiger partial charge in [0.15, 0.2) is 0 Å². The minimum absolute atomic E-state index is 0.0874. The van der Waals surface area contributed by atoms with Crippen molar-refractivity contribution in [1.82, 2.24) is 10.3 Å². The molecule has 1 aromatic rings. The molecule has 2 aliphatic heterocycles. The van der Waals surface area contributed by atoms with E-state index in [-0.39, 0.29) is 11.9 Å². The first-order valence-corrected chi connectivity index (χ1v) is 7.24. The summed E-state index contributed by atoms with van der Waals surface area (Å²) in [6, 6.07) is 3.50. The molecule has 0 aliphatic carbocycles. The van der Waals surface area contributed by atoms with Crippen molar-refractivity contribution >= 4 is 17.4 Å². The Morgan fingerprint density at radius 3 is 2.81 bits per heavy atom. The summed E-state index contributed by atoms with van der Waals surface area (Å²) in [5, 5.41) is 5.98. The van der Waals surface area contributed by atoms with Gasteiger partial charge in [-0.1, -0.05) is 0 Å². The third-order valence-electron chi connectivity index (χ3n) is 3.59. The van der Waals surface area contributed by atoms with Crippen LogP contribution < -0.4 is 15.5 Å². The quantitative estimate of drug-likeness (QED) is 0.806. The fourth-order valence-electron chi connectivity index (χ4n) is 2.40. The fraction of sp³-hybridized carbons (Fsp3) is 0.571. The van der Waals surface area contributed by atoms with Crippen LogP contribution in [-0.2, 0) is 14.3 Å². The first-order valence-electron chi connectivity index (χ1n) is 7.24. The molecule has 0 radical (unpaired) electrons. The second kappa shape index (κ2) is 6.84. The lowest BCUT2D eigenvalue weighted by molar-refractivity contribution is -0.120. The molecule has 2 saturated heterocycles. The van der Waals surface area contributed by atoms with E-state index in [2.05, 4.69) is 20.5 Å². The van der Waals surface area contributed by atoms with Crippen LogP contribution in [0.25, 0.3) is 0 Å². The number of anilines is 2. The van der Waals surface area contributed by atoms with Crippen LogP contribution in [0.3, 0.4) is 0 Å². The summed E-state index contributed by atoms with van der Waals surface area (Å²) in [6.07, 6.45) is 1.69. The molecule has 114 valence electrons. The number of carbonyl (C=O) groups excluding carboxylic acids is 1. The monoisotopic (exact) mass is 292 g/mol. The molecule has 1 amide bonds. The highest BCUT2D eigenvalue weighted by molar-refractivity contribution is 5.94. The van der Waals surface area contributed by atoms with E-state index >= 15 is 0 Å². The number of aromatic nitrogens is 1. The van der Waals surface area contributed by atoms with Crippen molar-refractivity contribution in [3.05, 3.63) is 18.3 Å². The number of rotatable bonds is 3. The highest BCUT2D eigenvalue weighted by Gasteiger charge is 2.21. The number of nitrogens with zero attached hydrogens (tertiary/aromatic N) is 2. The normalized spacial score (nSPS) is 22.9. The fourth-order valence-corrected chi connectivity index (χ4v) is 2.40. The maximum absolute atomic E-state index is 12.0.